The molecule has 2 aromatic carbocycles. The molecular formula is C17H15BrN2OS. The van der Waals surface area contributed by atoms with E-state index in [-0.39, 0.29) is 0 Å². The molecule has 112 valence electrons. The Kier molecular flexibility index (Phi) is 4.45. The van der Waals surface area contributed by atoms with Crippen LogP contribution in [0, 0.1) is 6.92 Å². The molecule has 0 aliphatic carbocycles. The van der Waals surface area contributed by atoms with Crippen LogP contribution in [-0.4, -0.2) is 12.1 Å². The predicted octanol–water partition coefficient (Wildman–Crippen LogP) is 5.63. The highest BCUT2D eigenvalue weighted by molar-refractivity contribution is 9.10. The van der Waals surface area contributed by atoms with Crippen molar-refractivity contribution in [1.82, 2.24) is 4.98 Å². The molecule has 0 bridgehead atoms. The SMILES string of the molecule is COc1ccc(C)c(Nc2ncc(-c3cccc(Br)c3)s2)c1. The minimum atomic E-state index is 0.830. The number of thiazole rings is 1. The minimum absolute atomic E-state index is 0.830. The van der Waals surface area contributed by atoms with Crippen molar-refractivity contribution in [3.05, 3.63) is 58.7 Å². The lowest BCUT2D eigenvalue weighted by atomic mass is 10.2. The fourth-order valence-corrected chi connectivity index (χ4v) is 3.31. The molecule has 0 saturated heterocycles. The molecule has 0 fully saturated rings. The van der Waals surface area contributed by atoms with Gasteiger partial charge in [-0.2, -0.15) is 0 Å². The summed E-state index contributed by atoms with van der Waals surface area (Å²) < 4.78 is 6.34. The maximum Gasteiger partial charge on any atom is 0.187 e. The summed E-state index contributed by atoms with van der Waals surface area (Å²) in [5, 5.41) is 4.23. The van der Waals surface area contributed by atoms with E-state index in [9.17, 15) is 0 Å². The Balaban J connectivity index is 1.86. The van der Waals surface area contributed by atoms with E-state index >= 15 is 0 Å². The number of methoxy groups -OCH3 is 1. The number of rotatable bonds is 4. The summed E-state index contributed by atoms with van der Waals surface area (Å²) in [6, 6.07) is 14.2. The fraction of sp³-hybridized carbons (Fsp3) is 0.118. The van der Waals surface area contributed by atoms with Gasteiger partial charge in [0.2, 0.25) is 0 Å². The fourth-order valence-electron chi connectivity index (χ4n) is 2.09. The second kappa shape index (κ2) is 6.50. The molecule has 0 aliphatic heterocycles. The molecule has 3 aromatic rings. The average Bonchev–Trinajstić information content (AvgIpc) is 2.98. The summed E-state index contributed by atoms with van der Waals surface area (Å²) in [5.74, 6) is 0.830. The molecule has 0 amide bonds. The summed E-state index contributed by atoms with van der Waals surface area (Å²) in [5.41, 5.74) is 3.32. The molecule has 0 aliphatic rings. The van der Waals surface area contributed by atoms with Crippen molar-refractivity contribution in [2.75, 3.05) is 12.4 Å². The predicted molar refractivity (Wildman–Crippen MR) is 96.3 cm³/mol. The zero-order chi connectivity index (χ0) is 15.5. The zero-order valence-corrected chi connectivity index (χ0v) is 14.7. The molecule has 3 rings (SSSR count). The van der Waals surface area contributed by atoms with E-state index in [1.54, 1.807) is 18.4 Å². The number of nitrogens with zero attached hydrogens (tertiary/aromatic N) is 1. The van der Waals surface area contributed by atoms with Crippen LogP contribution in [-0.2, 0) is 0 Å². The maximum absolute atomic E-state index is 5.27. The van der Waals surface area contributed by atoms with Crippen LogP contribution in [0.15, 0.2) is 53.1 Å². The highest BCUT2D eigenvalue weighted by atomic mass is 79.9. The molecule has 22 heavy (non-hydrogen) atoms. The molecule has 0 atom stereocenters. The summed E-state index contributed by atoms with van der Waals surface area (Å²) in [6.07, 6.45) is 1.89. The molecule has 1 heterocycles. The number of ether oxygens (including phenoxy) is 1. The van der Waals surface area contributed by atoms with Crippen molar-refractivity contribution in [2.45, 2.75) is 6.92 Å². The quantitative estimate of drug-likeness (QED) is 0.641. The van der Waals surface area contributed by atoms with Gasteiger partial charge in [-0.25, -0.2) is 4.98 Å². The Morgan fingerprint density at radius 2 is 2.05 bits per heavy atom. The van der Waals surface area contributed by atoms with Crippen LogP contribution in [0.5, 0.6) is 5.75 Å². The third-order valence-electron chi connectivity index (χ3n) is 3.30. The lowest BCUT2D eigenvalue weighted by Crippen LogP contribution is -1.93. The van der Waals surface area contributed by atoms with Gasteiger partial charge in [0, 0.05) is 22.4 Å². The van der Waals surface area contributed by atoms with Gasteiger partial charge in [-0.15, -0.1) is 0 Å². The zero-order valence-electron chi connectivity index (χ0n) is 12.3. The maximum atomic E-state index is 5.27. The van der Waals surface area contributed by atoms with Crippen molar-refractivity contribution >= 4 is 38.1 Å². The lowest BCUT2D eigenvalue weighted by molar-refractivity contribution is 0.415. The van der Waals surface area contributed by atoms with Crippen molar-refractivity contribution in [1.29, 1.82) is 0 Å². The van der Waals surface area contributed by atoms with E-state index in [1.807, 2.05) is 36.5 Å². The number of aromatic nitrogens is 1. The number of hydrogen-bond donors (Lipinski definition) is 1. The Morgan fingerprint density at radius 3 is 2.82 bits per heavy atom. The van der Waals surface area contributed by atoms with E-state index in [0.29, 0.717) is 0 Å². The molecule has 1 aromatic heterocycles. The Bertz CT molecular complexity index is 801. The first kappa shape index (κ1) is 15.1. The van der Waals surface area contributed by atoms with Gasteiger partial charge in [0.05, 0.1) is 12.0 Å². The average molecular weight is 375 g/mol. The van der Waals surface area contributed by atoms with Gasteiger partial charge in [0.1, 0.15) is 5.75 Å². The second-order valence-corrected chi connectivity index (χ2v) is 6.79. The Labute approximate surface area is 142 Å². The molecule has 0 saturated carbocycles. The second-order valence-electron chi connectivity index (χ2n) is 4.85. The van der Waals surface area contributed by atoms with Gasteiger partial charge in [-0.05, 0) is 36.2 Å². The van der Waals surface area contributed by atoms with Crippen LogP contribution in [0.3, 0.4) is 0 Å². The molecular weight excluding hydrogens is 360 g/mol. The van der Waals surface area contributed by atoms with Crippen LogP contribution in [0.25, 0.3) is 10.4 Å². The largest absolute Gasteiger partial charge is 0.497 e. The minimum Gasteiger partial charge on any atom is -0.497 e. The number of aryl methyl sites for hydroxylation is 1. The van der Waals surface area contributed by atoms with Crippen LogP contribution in [0.4, 0.5) is 10.8 Å². The topological polar surface area (TPSA) is 34.1 Å². The van der Waals surface area contributed by atoms with Crippen LogP contribution in [0.1, 0.15) is 5.56 Å². The molecule has 0 unspecified atom stereocenters. The highest BCUT2D eigenvalue weighted by Crippen LogP contribution is 2.33. The molecule has 0 radical (unpaired) electrons. The van der Waals surface area contributed by atoms with Crippen LogP contribution < -0.4 is 10.1 Å². The first-order valence-corrected chi connectivity index (χ1v) is 8.40. The van der Waals surface area contributed by atoms with Gasteiger partial charge >= 0.3 is 0 Å². The van der Waals surface area contributed by atoms with Gasteiger partial charge < -0.3 is 10.1 Å². The normalized spacial score (nSPS) is 10.5. The number of benzene rings is 2. The molecule has 1 N–H and O–H groups in total. The number of halogens is 1. The summed E-state index contributed by atoms with van der Waals surface area (Å²) in [7, 11) is 1.67. The lowest BCUT2D eigenvalue weighted by Gasteiger charge is -2.08. The third kappa shape index (κ3) is 3.31. The first-order chi connectivity index (χ1) is 10.7. The van der Waals surface area contributed by atoms with Gasteiger partial charge in [0.15, 0.2) is 5.13 Å². The number of nitrogens with one attached hydrogen (secondary N) is 1. The van der Waals surface area contributed by atoms with E-state index in [4.69, 9.17) is 4.74 Å². The molecule has 3 nitrogen and oxygen atoms in total. The molecule has 5 heteroatoms. The van der Waals surface area contributed by atoms with E-state index < -0.39 is 0 Å². The standard InChI is InChI=1S/C17H15BrN2OS/c1-11-6-7-14(21-2)9-15(11)20-17-19-10-16(22-17)12-4-3-5-13(18)8-12/h3-10H,1-2H3,(H,19,20). The van der Waals surface area contributed by atoms with Crippen LogP contribution >= 0.6 is 27.3 Å². The van der Waals surface area contributed by atoms with Gasteiger partial charge in [-0.3, -0.25) is 0 Å². The highest BCUT2D eigenvalue weighted by Gasteiger charge is 2.07. The monoisotopic (exact) mass is 374 g/mol. The summed E-state index contributed by atoms with van der Waals surface area (Å²) in [4.78, 5) is 5.59. The first-order valence-electron chi connectivity index (χ1n) is 6.79. The van der Waals surface area contributed by atoms with E-state index in [0.717, 1.165) is 37.0 Å². The van der Waals surface area contributed by atoms with E-state index in [2.05, 4.69) is 45.3 Å². The van der Waals surface area contributed by atoms with Gasteiger partial charge in [-0.1, -0.05) is 45.5 Å². The number of anilines is 2. The Hall–Kier alpha value is -1.85. The smallest absolute Gasteiger partial charge is 0.187 e. The van der Waals surface area contributed by atoms with Crippen LogP contribution in [0.2, 0.25) is 0 Å². The third-order valence-corrected chi connectivity index (χ3v) is 4.76. The van der Waals surface area contributed by atoms with Gasteiger partial charge in [0.25, 0.3) is 0 Å². The molecule has 0 spiro atoms. The number of hydrogen-bond acceptors (Lipinski definition) is 4. The Morgan fingerprint density at radius 1 is 1.18 bits per heavy atom. The van der Waals surface area contributed by atoms with Crippen molar-refractivity contribution < 1.29 is 4.74 Å². The summed E-state index contributed by atoms with van der Waals surface area (Å²) in [6.45, 7) is 2.06. The van der Waals surface area contributed by atoms with Crippen molar-refractivity contribution in [2.24, 2.45) is 0 Å². The van der Waals surface area contributed by atoms with E-state index in [1.165, 1.54) is 0 Å². The van der Waals surface area contributed by atoms with Crippen molar-refractivity contribution in [3.8, 4) is 16.2 Å². The summed E-state index contributed by atoms with van der Waals surface area (Å²) >= 11 is 5.13. The van der Waals surface area contributed by atoms with Crippen molar-refractivity contribution in [3.63, 3.8) is 0 Å².